The molecule has 2 N–H and O–H groups in total. The van der Waals surface area contributed by atoms with Gasteiger partial charge in [-0.3, -0.25) is 0 Å². The van der Waals surface area contributed by atoms with E-state index >= 15 is 0 Å². The van der Waals surface area contributed by atoms with Gasteiger partial charge in [0, 0.05) is 0 Å². The molecule has 0 bridgehead atoms. The molecule has 124 valence electrons. The largest absolute Gasteiger partial charge is 0.493 e. The molecule has 22 heavy (non-hydrogen) atoms. The van der Waals surface area contributed by atoms with Crippen LogP contribution in [0.4, 0.5) is 4.79 Å². The predicted octanol–water partition coefficient (Wildman–Crippen LogP) is 2.13. The van der Waals surface area contributed by atoms with E-state index in [0.717, 1.165) is 5.56 Å². The number of rotatable bonds is 6. The molecule has 0 heterocycles. The topological polar surface area (TPSA) is 77.0 Å². The molecule has 0 aliphatic heterocycles. The highest BCUT2D eigenvalue weighted by Crippen LogP contribution is 2.28. The molecule has 0 radical (unpaired) electrons. The van der Waals surface area contributed by atoms with Gasteiger partial charge in [-0.05, 0) is 44.9 Å². The maximum atomic E-state index is 11.8. The lowest BCUT2D eigenvalue weighted by Crippen LogP contribution is -2.42. The van der Waals surface area contributed by atoms with Crippen molar-refractivity contribution in [3.8, 4) is 11.5 Å². The van der Waals surface area contributed by atoms with Crippen molar-refractivity contribution < 1.29 is 24.1 Å². The predicted molar refractivity (Wildman–Crippen MR) is 83.5 cm³/mol. The summed E-state index contributed by atoms with van der Waals surface area (Å²) in [4.78, 5) is 11.8. The summed E-state index contributed by atoms with van der Waals surface area (Å²) in [7, 11) is 3.13. The molecule has 1 unspecified atom stereocenters. The van der Waals surface area contributed by atoms with Gasteiger partial charge in [-0.2, -0.15) is 0 Å². The summed E-state index contributed by atoms with van der Waals surface area (Å²) in [5.74, 6) is 1.24. The van der Waals surface area contributed by atoms with Gasteiger partial charge in [0.15, 0.2) is 11.5 Å². The quantitative estimate of drug-likeness (QED) is 0.841. The van der Waals surface area contributed by atoms with Crippen molar-refractivity contribution in [1.29, 1.82) is 0 Å². The van der Waals surface area contributed by atoms with Crippen molar-refractivity contribution in [3.63, 3.8) is 0 Å². The summed E-state index contributed by atoms with van der Waals surface area (Å²) >= 11 is 0. The van der Waals surface area contributed by atoms with Crippen LogP contribution in [0.3, 0.4) is 0 Å². The van der Waals surface area contributed by atoms with E-state index in [4.69, 9.17) is 14.2 Å². The smallest absolute Gasteiger partial charge is 0.407 e. The number of benzene rings is 1. The van der Waals surface area contributed by atoms with Gasteiger partial charge in [-0.25, -0.2) is 4.79 Å². The van der Waals surface area contributed by atoms with Crippen molar-refractivity contribution in [2.24, 2.45) is 0 Å². The van der Waals surface area contributed by atoms with Gasteiger partial charge in [-0.15, -0.1) is 0 Å². The number of nitrogens with one attached hydrogen (secondary N) is 1. The first-order valence-corrected chi connectivity index (χ1v) is 7.10. The van der Waals surface area contributed by atoms with Crippen molar-refractivity contribution in [2.75, 3.05) is 20.8 Å². The van der Waals surface area contributed by atoms with Gasteiger partial charge < -0.3 is 24.6 Å². The van der Waals surface area contributed by atoms with Crippen molar-refractivity contribution in [2.45, 2.75) is 38.8 Å². The number of amides is 1. The van der Waals surface area contributed by atoms with Crippen molar-refractivity contribution >= 4 is 6.09 Å². The fourth-order valence-corrected chi connectivity index (χ4v) is 1.93. The summed E-state index contributed by atoms with van der Waals surface area (Å²) in [6.45, 7) is 5.17. The Morgan fingerprint density at radius 3 is 2.36 bits per heavy atom. The van der Waals surface area contributed by atoms with Crippen LogP contribution in [0.15, 0.2) is 18.2 Å². The first-order valence-electron chi connectivity index (χ1n) is 7.10. The minimum atomic E-state index is -0.576. The van der Waals surface area contributed by atoms with E-state index in [2.05, 4.69) is 5.32 Å². The number of alkyl carbamates (subject to hydrolysis) is 1. The number of carbonyl (C=O) groups excluding carboxylic acids is 1. The maximum absolute atomic E-state index is 11.8. The highest BCUT2D eigenvalue weighted by molar-refractivity contribution is 5.68. The summed E-state index contributed by atoms with van der Waals surface area (Å²) in [5, 5.41) is 12.1. The third kappa shape index (κ3) is 5.81. The molecule has 1 aromatic carbocycles. The fourth-order valence-electron chi connectivity index (χ4n) is 1.93. The summed E-state index contributed by atoms with van der Waals surface area (Å²) in [6.07, 6.45) is -0.0946. The first kappa shape index (κ1) is 18.1. The number of hydrogen-bond acceptors (Lipinski definition) is 5. The van der Waals surface area contributed by atoms with Crippen LogP contribution >= 0.6 is 0 Å². The first-order chi connectivity index (χ1) is 10.3. The van der Waals surface area contributed by atoms with Crippen LogP contribution in [0.2, 0.25) is 0 Å². The molecule has 1 amide bonds. The van der Waals surface area contributed by atoms with Gasteiger partial charge >= 0.3 is 6.09 Å². The Morgan fingerprint density at radius 2 is 1.86 bits per heavy atom. The Bertz CT molecular complexity index is 496. The van der Waals surface area contributed by atoms with Gasteiger partial charge in [0.05, 0.1) is 26.9 Å². The molecule has 1 aromatic rings. The molecule has 0 aromatic heterocycles. The molecule has 6 nitrogen and oxygen atoms in total. The zero-order valence-corrected chi connectivity index (χ0v) is 13.8. The zero-order valence-electron chi connectivity index (χ0n) is 13.8. The third-order valence-electron chi connectivity index (χ3n) is 2.87. The van der Waals surface area contributed by atoms with Gasteiger partial charge in [0.25, 0.3) is 0 Å². The third-order valence-corrected chi connectivity index (χ3v) is 2.87. The number of methoxy groups -OCH3 is 2. The summed E-state index contributed by atoms with van der Waals surface area (Å²) < 4.78 is 15.6. The van der Waals surface area contributed by atoms with E-state index in [1.165, 1.54) is 0 Å². The lowest BCUT2D eigenvalue weighted by Gasteiger charge is -2.23. The molecule has 0 spiro atoms. The summed E-state index contributed by atoms with van der Waals surface area (Å²) in [5.41, 5.74) is 0.334. The lowest BCUT2D eigenvalue weighted by molar-refractivity contribution is 0.0483. The van der Waals surface area contributed by atoms with Crippen molar-refractivity contribution in [3.05, 3.63) is 23.8 Å². The number of ether oxygens (including phenoxy) is 3. The van der Waals surface area contributed by atoms with Crippen LogP contribution in [0.5, 0.6) is 11.5 Å². The Labute approximate surface area is 131 Å². The van der Waals surface area contributed by atoms with Crippen LogP contribution in [0, 0.1) is 0 Å². The molecule has 0 aliphatic carbocycles. The van der Waals surface area contributed by atoms with Crippen LogP contribution in [0.25, 0.3) is 0 Å². The van der Waals surface area contributed by atoms with E-state index in [9.17, 15) is 9.90 Å². The molecule has 0 fully saturated rings. The minimum Gasteiger partial charge on any atom is -0.493 e. The van der Waals surface area contributed by atoms with E-state index < -0.39 is 17.7 Å². The molecular weight excluding hydrogens is 286 g/mol. The Kier molecular flexibility index (Phi) is 6.49. The average molecular weight is 311 g/mol. The average Bonchev–Trinajstić information content (AvgIpc) is 2.44. The van der Waals surface area contributed by atoms with Gasteiger partial charge in [0.1, 0.15) is 5.60 Å². The molecule has 0 saturated heterocycles. The van der Waals surface area contributed by atoms with E-state index in [1.807, 2.05) is 12.1 Å². The fraction of sp³-hybridized carbons (Fsp3) is 0.562. The minimum absolute atomic E-state index is 0.187. The van der Waals surface area contributed by atoms with Gasteiger partial charge in [-0.1, -0.05) is 6.07 Å². The molecule has 0 aliphatic rings. The molecule has 6 heteroatoms. The molecule has 1 atom stereocenters. The van der Waals surface area contributed by atoms with Gasteiger partial charge in [0.2, 0.25) is 0 Å². The number of hydrogen-bond donors (Lipinski definition) is 2. The number of aliphatic hydroxyl groups is 1. The normalized spacial score (nSPS) is 12.5. The van der Waals surface area contributed by atoms with Crippen LogP contribution in [0.1, 0.15) is 26.3 Å². The van der Waals surface area contributed by atoms with Crippen LogP contribution in [-0.2, 0) is 11.2 Å². The highest BCUT2D eigenvalue weighted by atomic mass is 16.6. The van der Waals surface area contributed by atoms with Crippen molar-refractivity contribution in [1.82, 2.24) is 5.32 Å². The highest BCUT2D eigenvalue weighted by Gasteiger charge is 2.19. The molecule has 1 rings (SSSR count). The van der Waals surface area contributed by atoms with Crippen LogP contribution in [-0.4, -0.2) is 43.7 Å². The SMILES string of the molecule is COc1ccc(CC(CO)NC(=O)OC(C)(C)C)cc1OC. The second-order valence-corrected chi connectivity index (χ2v) is 5.92. The second-order valence-electron chi connectivity index (χ2n) is 5.92. The second kappa shape index (κ2) is 7.89. The molecule has 0 saturated carbocycles. The number of aliphatic hydroxyl groups excluding tert-OH is 1. The summed E-state index contributed by atoms with van der Waals surface area (Å²) in [6, 6.07) is 5.03. The monoisotopic (exact) mass is 311 g/mol. The van der Waals surface area contributed by atoms with Crippen LogP contribution < -0.4 is 14.8 Å². The lowest BCUT2D eigenvalue weighted by atomic mass is 10.1. The Morgan fingerprint density at radius 1 is 1.23 bits per heavy atom. The Hall–Kier alpha value is -1.95. The zero-order chi connectivity index (χ0) is 16.8. The van der Waals surface area contributed by atoms with E-state index in [0.29, 0.717) is 17.9 Å². The molecular formula is C16H25NO5. The maximum Gasteiger partial charge on any atom is 0.407 e. The van der Waals surface area contributed by atoms with E-state index in [1.54, 1.807) is 41.1 Å². The van der Waals surface area contributed by atoms with E-state index in [-0.39, 0.29) is 6.61 Å². The Balaban J connectivity index is 2.72. The standard InChI is InChI=1S/C16H25NO5/c1-16(2,3)22-15(19)17-12(10-18)8-11-6-7-13(20-4)14(9-11)21-5/h6-7,9,12,18H,8,10H2,1-5H3,(H,17,19). The number of carbonyl (C=O) groups is 1.